The van der Waals surface area contributed by atoms with Gasteiger partial charge in [0.15, 0.2) is 0 Å². The molecule has 0 saturated carbocycles. The van der Waals surface area contributed by atoms with Crippen LogP contribution in [-0.4, -0.2) is 24.3 Å². The molecule has 0 spiro atoms. The van der Waals surface area contributed by atoms with E-state index < -0.39 is 0 Å². The molecule has 2 aliphatic heterocycles. The number of unbranched alkanes of at least 4 members (excludes halogenated alkanes) is 21. The number of epoxide rings is 1. The van der Waals surface area contributed by atoms with Crippen molar-refractivity contribution in [2.45, 2.75) is 206 Å². The summed E-state index contributed by atoms with van der Waals surface area (Å²) in [6.07, 6.45) is 44.1. The SMILES string of the molecule is CCCCCCCCCCCCC=CCCC1OC1CCCCCCCCCCCCCCC1=CC(C)OC1=O. The number of allylic oxidation sites excluding steroid dienone is 2. The maximum atomic E-state index is 11.6. The van der Waals surface area contributed by atoms with Crippen molar-refractivity contribution in [2.75, 3.05) is 0 Å². The summed E-state index contributed by atoms with van der Waals surface area (Å²) in [4.78, 5) is 11.6. The summed E-state index contributed by atoms with van der Waals surface area (Å²) in [5, 5.41) is 0. The summed E-state index contributed by atoms with van der Waals surface area (Å²) in [6.45, 7) is 4.23. The van der Waals surface area contributed by atoms with Gasteiger partial charge in [0.1, 0.15) is 6.10 Å². The highest BCUT2D eigenvalue weighted by Gasteiger charge is 2.36. The lowest BCUT2D eigenvalue weighted by atomic mass is 10.0. The van der Waals surface area contributed by atoms with E-state index in [0.29, 0.717) is 12.2 Å². The lowest BCUT2D eigenvalue weighted by Crippen LogP contribution is -2.03. The number of rotatable bonds is 29. The molecule has 0 aromatic heterocycles. The van der Waals surface area contributed by atoms with Gasteiger partial charge < -0.3 is 9.47 Å². The number of hydrogen-bond donors (Lipinski definition) is 0. The van der Waals surface area contributed by atoms with Crippen LogP contribution in [0.3, 0.4) is 0 Å². The van der Waals surface area contributed by atoms with Gasteiger partial charge in [-0.3, -0.25) is 0 Å². The standard InChI is InChI=1S/C37H66O3/c1-3-4-5-6-7-8-9-10-11-15-18-21-24-27-30-35-36(40-35)31-28-25-22-19-16-13-12-14-17-20-23-26-29-34-32-33(2)39-37(34)38/h21,24,32-33,35-36H,3-20,22-23,25-31H2,1-2H3. The highest BCUT2D eigenvalue weighted by Crippen LogP contribution is 2.31. The molecule has 3 unspecified atom stereocenters. The van der Waals surface area contributed by atoms with E-state index in [1.807, 2.05) is 13.0 Å². The molecule has 0 aromatic carbocycles. The van der Waals surface area contributed by atoms with E-state index in [1.54, 1.807) is 0 Å². The van der Waals surface area contributed by atoms with Crippen LogP contribution in [0.15, 0.2) is 23.8 Å². The molecule has 1 fully saturated rings. The first-order chi connectivity index (χ1) is 19.7. The number of carbonyl (C=O) groups excluding carboxylic acids is 1. The number of cyclic esters (lactones) is 1. The molecule has 0 aliphatic carbocycles. The van der Waals surface area contributed by atoms with Gasteiger partial charge in [0, 0.05) is 5.57 Å². The van der Waals surface area contributed by atoms with Crippen LogP contribution in [0.2, 0.25) is 0 Å². The normalized spacial score (nSPS) is 20.4. The molecule has 0 N–H and O–H groups in total. The first-order valence-corrected chi connectivity index (χ1v) is 17.9. The van der Waals surface area contributed by atoms with Crippen molar-refractivity contribution in [3.05, 3.63) is 23.8 Å². The van der Waals surface area contributed by atoms with Gasteiger partial charge in [-0.2, -0.15) is 0 Å². The molecule has 3 nitrogen and oxygen atoms in total. The molecule has 1 saturated heterocycles. The van der Waals surface area contributed by atoms with E-state index >= 15 is 0 Å². The Labute approximate surface area is 249 Å². The Morgan fingerprint density at radius 2 is 1.07 bits per heavy atom. The summed E-state index contributed by atoms with van der Waals surface area (Å²) in [5.74, 6) is -0.0920. The number of carbonyl (C=O) groups is 1. The van der Waals surface area contributed by atoms with Gasteiger partial charge in [0.25, 0.3) is 0 Å². The average Bonchev–Trinajstić information content (AvgIpc) is 3.61. The van der Waals surface area contributed by atoms with Crippen molar-refractivity contribution in [3.8, 4) is 0 Å². The van der Waals surface area contributed by atoms with Gasteiger partial charge >= 0.3 is 5.97 Å². The molecule has 2 rings (SSSR count). The van der Waals surface area contributed by atoms with Crippen molar-refractivity contribution in [1.29, 1.82) is 0 Å². The highest BCUT2D eigenvalue weighted by atomic mass is 16.6. The zero-order valence-corrected chi connectivity index (χ0v) is 26.8. The van der Waals surface area contributed by atoms with Crippen LogP contribution in [-0.2, 0) is 14.3 Å². The van der Waals surface area contributed by atoms with Crippen LogP contribution < -0.4 is 0 Å². The van der Waals surface area contributed by atoms with Crippen LogP contribution in [0.5, 0.6) is 0 Å². The Hall–Kier alpha value is -1.09. The lowest BCUT2D eigenvalue weighted by molar-refractivity contribution is -0.139. The van der Waals surface area contributed by atoms with Gasteiger partial charge in [-0.15, -0.1) is 0 Å². The molecule has 2 heterocycles. The van der Waals surface area contributed by atoms with Crippen molar-refractivity contribution < 1.29 is 14.3 Å². The fraction of sp³-hybridized carbons (Fsp3) is 0.865. The smallest absolute Gasteiger partial charge is 0.334 e. The second-order valence-electron chi connectivity index (χ2n) is 12.8. The summed E-state index contributed by atoms with van der Waals surface area (Å²) < 4.78 is 11.1. The highest BCUT2D eigenvalue weighted by molar-refractivity contribution is 5.90. The summed E-state index contributed by atoms with van der Waals surface area (Å²) in [5.41, 5.74) is 0.898. The molecule has 3 atom stereocenters. The van der Waals surface area contributed by atoms with E-state index in [-0.39, 0.29) is 12.1 Å². The zero-order valence-electron chi connectivity index (χ0n) is 26.8. The molecule has 0 aromatic rings. The second kappa shape index (κ2) is 24.5. The fourth-order valence-corrected chi connectivity index (χ4v) is 6.18. The summed E-state index contributed by atoms with van der Waals surface area (Å²) >= 11 is 0. The Kier molecular flexibility index (Phi) is 21.5. The average molecular weight is 559 g/mol. The van der Waals surface area contributed by atoms with Crippen molar-refractivity contribution in [1.82, 2.24) is 0 Å². The largest absolute Gasteiger partial charge is 0.455 e. The number of esters is 1. The summed E-state index contributed by atoms with van der Waals surface area (Å²) in [7, 11) is 0. The molecule has 40 heavy (non-hydrogen) atoms. The minimum absolute atomic E-state index is 0.0199. The first kappa shape index (κ1) is 35.1. The second-order valence-corrected chi connectivity index (χ2v) is 12.8. The Balaban J connectivity index is 1.22. The van der Waals surface area contributed by atoms with Crippen molar-refractivity contribution >= 4 is 5.97 Å². The minimum atomic E-state index is -0.0920. The van der Waals surface area contributed by atoms with E-state index in [0.717, 1.165) is 18.4 Å². The maximum Gasteiger partial charge on any atom is 0.334 e. The number of hydrogen-bond acceptors (Lipinski definition) is 3. The Bertz CT molecular complexity index is 666. The fourth-order valence-electron chi connectivity index (χ4n) is 6.18. The molecule has 0 amide bonds. The van der Waals surface area contributed by atoms with Crippen LogP contribution in [0.25, 0.3) is 0 Å². The van der Waals surface area contributed by atoms with Gasteiger partial charge in [-0.05, 0) is 57.9 Å². The Morgan fingerprint density at radius 3 is 1.62 bits per heavy atom. The first-order valence-electron chi connectivity index (χ1n) is 17.9. The monoisotopic (exact) mass is 559 g/mol. The predicted octanol–water partition coefficient (Wildman–Crippen LogP) is 11.7. The molecular weight excluding hydrogens is 492 g/mol. The number of ether oxygens (including phenoxy) is 2. The third kappa shape index (κ3) is 19.1. The zero-order chi connectivity index (χ0) is 28.5. The van der Waals surface area contributed by atoms with Crippen molar-refractivity contribution in [2.24, 2.45) is 0 Å². The van der Waals surface area contributed by atoms with Gasteiger partial charge in [-0.25, -0.2) is 4.79 Å². The molecule has 0 radical (unpaired) electrons. The molecule has 2 aliphatic rings. The van der Waals surface area contributed by atoms with Crippen LogP contribution in [0, 0.1) is 0 Å². The molecule has 0 bridgehead atoms. The quantitative estimate of drug-likeness (QED) is 0.0396. The van der Waals surface area contributed by atoms with Crippen LogP contribution in [0.4, 0.5) is 0 Å². The van der Waals surface area contributed by atoms with Crippen molar-refractivity contribution in [3.63, 3.8) is 0 Å². The van der Waals surface area contributed by atoms with Gasteiger partial charge in [0.2, 0.25) is 0 Å². The van der Waals surface area contributed by atoms with E-state index in [4.69, 9.17) is 9.47 Å². The molecular formula is C37H66O3. The van der Waals surface area contributed by atoms with Crippen LogP contribution in [0.1, 0.15) is 187 Å². The predicted molar refractivity (Wildman–Crippen MR) is 172 cm³/mol. The van der Waals surface area contributed by atoms with Gasteiger partial charge in [0.05, 0.1) is 12.2 Å². The van der Waals surface area contributed by atoms with E-state index in [9.17, 15) is 4.79 Å². The summed E-state index contributed by atoms with van der Waals surface area (Å²) in [6, 6.07) is 0. The van der Waals surface area contributed by atoms with Gasteiger partial charge in [-0.1, -0.05) is 147 Å². The van der Waals surface area contributed by atoms with Crippen LogP contribution >= 0.6 is 0 Å². The van der Waals surface area contributed by atoms with E-state index in [2.05, 4.69) is 19.1 Å². The van der Waals surface area contributed by atoms with E-state index in [1.165, 1.54) is 161 Å². The molecule has 3 heteroatoms. The minimum Gasteiger partial charge on any atom is -0.455 e. The lowest BCUT2D eigenvalue weighted by Gasteiger charge is -2.03. The third-order valence-corrected chi connectivity index (χ3v) is 8.87. The topological polar surface area (TPSA) is 38.8 Å². The Morgan fingerprint density at radius 1 is 0.600 bits per heavy atom. The molecule has 232 valence electrons. The maximum absolute atomic E-state index is 11.6. The third-order valence-electron chi connectivity index (χ3n) is 8.87.